The van der Waals surface area contributed by atoms with E-state index in [1.807, 2.05) is 0 Å². The first kappa shape index (κ1) is 45.0. The molecule has 0 bridgehead atoms. The summed E-state index contributed by atoms with van der Waals surface area (Å²) in [7, 11) is -4.04. The van der Waals surface area contributed by atoms with Gasteiger partial charge in [0.1, 0.15) is 6.54 Å². The van der Waals surface area contributed by atoms with E-state index in [2.05, 4.69) is 147 Å². The quantitative estimate of drug-likeness (QED) is 0.0489. The maximum atomic E-state index is 11.6. The van der Waals surface area contributed by atoms with E-state index in [9.17, 15) is 22.9 Å². The molecule has 1 aliphatic carbocycles. The molecule has 0 atom stereocenters. The van der Waals surface area contributed by atoms with Gasteiger partial charge in [0, 0.05) is 66.1 Å². The number of anilines is 1. The Hall–Kier alpha value is -4.99. The van der Waals surface area contributed by atoms with Gasteiger partial charge in [0.15, 0.2) is 5.71 Å². The highest BCUT2D eigenvalue weighted by Gasteiger charge is 2.45. The van der Waals surface area contributed by atoms with Crippen molar-refractivity contribution in [3.63, 3.8) is 0 Å². The maximum absolute atomic E-state index is 11.6. The minimum absolute atomic E-state index is 0.190. The highest BCUT2D eigenvalue weighted by Crippen LogP contribution is 2.51. The van der Waals surface area contributed by atoms with Crippen LogP contribution in [0.1, 0.15) is 123 Å². The first-order valence-electron chi connectivity index (χ1n) is 22.9. The normalized spacial score (nSPS) is 18.5. The third kappa shape index (κ3) is 9.64. The summed E-state index contributed by atoms with van der Waals surface area (Å²) in [6.45, 7) is 13.9. The molecule has 328 valence electrons. The molecule has 3 N–H and O–H groups in total. The molecule has 2 aliphatic heterocycles. The molecule has 7 rings (SSSR count). The van der Waals surface area contributed by atoms with E-state index < -0.39 is 16.1 Å². The van der Waals surface area contributed by atoms with E-state index in [-0.39, 0.29) is 23.0 Å². The zero-order valence-corrected chi connectivity index (χ0v) is 38.3. The number of nitrogens with one attached hydrogen (secondary N) is 1. The summed E-state index contributed by atoms with van der Waals surface area (Å²) < 4.78 is 35.3. The molecule has 0 saturated carbocycles. The van der Waals surface area contributed by atoms with Crippen molar-refractivity contribution in [3.05, 3.63) is 131 Å². The van der Waals surface area contributed by atoms with Crippen molar-refractivity contribution in [3.8, 4) is 0 Å². The van der Waals surface area contributed by atoms with Crippen molar-refractivity contribution in [2.45, 2.75) is 122 Å². The Kier molecular flexibility index (Phi) is 13.9. The lowest BCUT2D eigenvalue weighted by molar-refractivity contribution is -0.438. The van der Waals surface area contributed by atoms with Gasteiger partial charge in [-0.15, -0.1) is 0 Å². The summed E-state index contributed by atoms with van der Waals surface area (Å²) in [5.41, 5.74) is 10.8. The number of carboxylic acids is 1. The molecule has 0 amide bonds. The van der Waals surface area contributed by atoms with Crippen molar-refractivity contribution in [2.24, 2.45) is 0 Å². The maximum Gasteiger partial charge on any atom is 0.303 e. The van der Waals surface area contributed by atoms with Crippen LogP contribution in [0.5, 0.6) is 0 Å². The Morgan fingerprint density at radius 1 is 0.790 bits per heavy atom. The second-order valence-corrected chi connectivity index (χ2v) is 20.0. The lowest BCUT2D eigenvalue weighted by Crippen LogP contribution is -2.28. The van der Waals surface area contributed by atoms with Gasteiger partial charge in [-0.05, 0) is 122 Å². The van der Waals surface area contributed by atoms with E-state index in [4.69, 9.17) is 0 Å². The molecule has 4 aromatic rings. The minimum Gasteiger partial charge on any atom is -0.481 e. The van der Waals surface area contributed by atoms with Gasteiger partial charge in [-0.25, -0.2) is 0 Å². The minimum atomic E-state index is -4.04. The van der Waals surface area contributed by atoms with Gasteiger partial charge in [-0.3, -0.25) is 9.35 Å². The molecule has 8 nitrogen and oxygen atoms in total. The van der Waals surface area contributed by atoms with Gasteiger partial charge >= 0.3 is 5.97 Å². The topological polar surface area (TPSA) is 110 Å². The number of hydrogen-bond acceptors (Lipinski definition) is 5. The Balaban J connectivity index is 1.29. The van der Waals surface area contributed by atoms with Crippen molar-refractivity contribution in [1.82, 2.24) is 5.32 Å². The molecular formula is C53H66N3O5S+. The van der Waals surface area contributed by atoms with Crippen molar-refractivity contribution >= 4 is 54.7 Å². The smallest absolute Gasteiger partial charge is 0.303 e. The number of unbranched alkanes of at least 4 members (excludes halogenated alkanes) is 5. The van der Waals surface area contributed by atoms with Gasteiger partial charge in [-0.1, -0.05) is 100 Å². The average molecular weight is 857 g/mol. The van der Waals surface area contributed by atoms with E-state index in [0.29, 0.717) is 25.8 Å². The molecule has 0 radical (unpaired) electrons. The Bertz CT molecular complexity index is 2590. The average Bonchev–Trinajstić information content (AvgIpc) is 3.60. The first-order chi connectivity index (χ1) is 29.7. The van der Waals surface area contributed by atoms with Gasteiger partial charge in [-0.2, -0.15) is 13.0 Å². The van der Waals surface area contributed by atoms with E-state index in [1.54, 1.807) is 0 Å². The summed E-state index contributed by atoms with van der Waals surface area (Å²) in [5.74, 6) is -0.998. The monoisotopic (exact) mass is 856 g/mol. The number of allylic oxidation sites excluding steroid dienone is 7. The first-order valence-corrected chi connectivity index (χ1v) is 24.5. The van der Waals surface area contributed by atoms with Gasteiger partial charge in [0.05, 0.1) is 11.2 Å². The number of rotatable bonds is 19. The van der Waals surface area contributed by atoms with Crippen LogP contribution >= 0.6 is 0 Å². The predicted octanol–water partition coefficient (Wildman–Crippen LogP) is 12.1. The molecule has 9 heteroatoms. The molecule has 0 aromatic heterocycles. The highest BCUT2D eigenvalue weighted by atomic mass is 32.2. The number of nitrogens with zero attached hydrogens (tertiary/aromatic N) is 2. The molecular weight excluding hydrogens is 791 g/mol. The van der Waals surface area contributed by atoms with Crippen LogP contribution in [0, 0.1) is 0 Å². The number of benzene rings is 4. The summed E-state index contributed by atoms with van der Waals surface area (Å²) in [5, 5.41) is 18.1. The molecule has 3 aliphatic rings. The lowest BCUT2D eigenvalue weighted by atomic mass is 9.78. The summed E-state index contributed by atoms with van der Waals surface area (Å²) in [6, 6.07) is 26.2. The summed E-state index contributed by atoms with van der Waals surface area (Å²) in [4.78, 5) is 13.6. The molecule has 2 heterocycles. The second-order valence-electron chi connectivity index (χ2n) is 18.5. The Labute approximate surface area is 369 Å². The van der Waals surface area contributed by atoms with E-state index in [0.717, 1.165) is 68.7 Å². The molecule has 62 heavy (non-hydrogen) atoms. The SMILES string of the molecule is CCCCC[N+]1=C(/C=C/C2=C(NCCCCCC(=O)O)C(=C/C=C3/N(CCCCS(=O)(=O)O)c4ccc5ccccc5c4C3(C)C)/CCC2)C(C)(C)c2c1ccc1ccccc21. The van der Waals surface area contributed by atoms with Crippen LogP contribution in [0.3, 0.4) is 0 Å². The number of carbonyl (C=O) groups is 1. The van der Waals surface area contributed by atoms with Crippen LogP contribution in [0.4, 0.5) is 11.4 Å². The Morgan fingerprint density at radius 2 is 1.50 bits per heavy atom. The molecule has 0 spiro atoms. The zero-order chi connectivity index (χ0) is 44.1. The standard InChI is InChI=1S/C53H65N3O5S/c1-6-7-15-35-55-44-30-26-38-19-10-12-23-42(38)49(44)52(2,3)46(55)32-28-40-21-18-22-41(51(40)54-34-14-8-9-25-48(57)58)29-33-47-53(4,5)50-43-24-13-11-20-39(43)27-31-45(50)56(47)36-16-17-37-62(59,60)61/h10-13,19-20,23-24,26-33H,6-9,14-18,21-22,25,34-37H2,1-5H3,(H2,57,58,59,60,61)/p+1/b41-29+,47-33+. The van der Waals surface area contributed by atoms with Crippen molar-refractivity contribution < 1.29 is 27.4 Å². The third-order valence-electron chi connectivity index (χ3n) is 13.3. The second kappa shape index (κ2) is 19.2. The van der Waals surface area contributed by atoms with Crippen LogP contribution in [-0.4, -0.2) is 59.7 Å². The number of carboxylic acid groups (broad SMARTS) is 1. The zero-order valence-electron chi connectivity index (χ0n) is 37.5. The highest BCUT2D eigenvalue weighted by molar-refractivity contribution is 7.85. The van der Waals surface area contributed by atoms with Gasteiger partial charge < -0.3 is 15.3 Å². The Morgan fingerprint density at radius 3 is 2.21 bits per heavy atom. The molecule has 4 aromatic carbocycles. The van der Waals surface area contributed by atoms with Crippen molar-refractivity contribution in [1.29, 1.82) is 0 Å². The van der Waals surface area contributed by atoms with Gasteiger partial charge in [0.2, 0.25) is 5.69 Å². The lowest BCUT2D eigenvalue weighted by Gasteiger charge is -2.28. The van der Waals surface area contributed by atoms with Gasteiger partial charge in [0.25, 0.3) is 10.1 Å². The van der Waals surface area contributed by atoms with Crippen molar-refractivity contribution in [2.75, 3.05) is 30.3 Å². The summed E-state index contributed by atoms with van der Waals surface area (Å²) >= 11 is 0. The largest absolute Gasteiger partial charge is 0.481 e. The van der Waals surface area contributed by atoms with Crippen LogP contribution in [-0.2, 0) is 25.7 Å². The van der Waals surface area contributed by atoms with Crippen LogP contribution < -0.4 is 10.2 Å². The predicted molar refractivity (Wildman–Crippen MR) is 257 cm³/mol. The third-order valence-corrected chi connectivity index (χ3v) is 14.1. The number of aliphatic carboxylic acids is 1. The summed E-state index contributed by atoms with van der Waals surface area (Å²) in [6.07, 6.45) is 19.3. The fourth-order valence-electron chi connectivity index (χ4n) is 10.3. The molecule has 0 saturated heterocycles. The van der Waals surface area contributed by atoms with E-state index in [1.165, 1.54) is 68.1 Å². The van der Waals surface area contributed by atoms with E-state index >= 15 is 0 Å². The fraction of sp³-hybridized carbons (Fsp3) is 0.434. The number of fused-ring (bicyclic) bond motifs is 6. The molecule has 0 fully saturated rings. The van der Waals surface area contributed by atoms with Crippen LogP contribution in [0.2, 0.25) is 0 Å². The van der Waals surface area contributed by atoms with Crippen LogP contribution in [0.15, 0.2) is 120 Å². The van der Waals surface area contributed by atoms with Crippen LogP contribution in [0.25, 0.3) is 21.5 Å². The number of hydrogen-bond donors (Lipinski definition) is 3. The fourth-order valence-corrected chi connectivity index (χ4v) is 10.8. The molecule has 0 unspecified atom stereocenters.